The summed E-state index contributed by atoms with van der Waals surface area (Å²) in [6, 6.07) is 18.5. The molecule has 0 heterocycles. The number of halogens is 1. The summed E-state index contributed by atoms with van der Waals surface area (Å²) in [5, 5.41) is 6.16. The summed E-state index contributed by atoms with van der Waals surface area (Å²) >= 11 is 2.26. The van der Waals surface area contributed by atoms with Gasteiger partial charge in [0.25, 0.3) is 0 Å². The lowest BCUT2D eigenvalue weighted by Crippen LogP contribution is -2.36. The Morgan fingerprint density at radius 3 is 2.45 bits per heavy atom. The summed E-state index contributed by atoms with van der Waals surface area (Å²) in [5.74, 6) is 0.0270. The van der Waals surface area contributed by atoms with E-state index in [2.05, 4.69) is 45.4 Å². The van der Waals surface area contributed by atoms with Crippen molar-refractivity contribution in [1.29, 1.82) is 0 Å². The number of amides is 1. The largest absolute Gasteiger partial charge is 0.376 e. The average molecular weight is 408 g/mol. The van der Waals surface area contributed by atoms with Gasteiger partial charge in [-0.15, -0.1) is 0 Å². The fourth-order valence-corrected chi connectivity index (χ4v) is 2.54. The second-order valence-corrected chi connectivity index (χ2v) is 6.60. The van der Waals surface area contributed by atoms with E-state index in [1.54, 1.807) is 0 Å². The van der Waals surface area contributed by atoms with Gasteiger partial charge in [0.15, 0.2) is 0 Å². The highest BCUT2D eigenvalue weighted by Crippen LogP contribution is 2.10. The van der Waals surface area contributed by atoms with Gasteiger partial charge in [-0.3, -0.25) is 4.79 Å². The number of hydrogen-bond donors (Lipinski definition) is 2. The van der Waals surface area contributed by atoms with Crippen LogP contribution in [0, 0.1) is 3.57 Å². The predicted molar refractivity (Wildman–Crippen MR) is 100 cm³/mol. The Hall–Kier alpha value is -1.56. The lowest BCUT2D eigenvalue weighted by atomic mass is 10.1. The van der Waals surface area contributed by atoms with Crippen molar-refractivity contribution in [2.24, 2.45) is 0 Å². The van der Waals surface area contributed by atoms with Gasteiger partial charge < -0.3 is 10.6 Å². The first kappa shape index (κ1) is 16.8. The topological polar surface area (TPSA) is 41.1 Å². The molecule has 0 spiro atoms. The Morgan fingerprint density at radius 2 is 1.77 bits per heavy atom. The van der Waals surface area contributed by atoms with Crippen LogP contribution in [0.3, 0.4) is 0 Å². The Labute approximate surface area is 145 Å². The summed E-state index contributed by atoms with van der Waals surface area (Å²) in [6.07, 6.45) is 1.92. The number of benzene rings is 2. The van der Waals surface area contributed by atoms with E-state index >= 15 is 0 Å². The minimum absolute atomic E-state index is 0.0270. The molecule has 0 aliphatic carbocycles. The number of anilines is 1. The molecule has 0 aromatic heterocycles. The molecule has 2 rings (SSSR count). The Kier molecular flexibility index (Phi) is 6.71. The molecule has 0 unspecified atom stereocenters. The third-order valence-electron chi connectivity index (χ3n) is 3.41. The van der Waals surface area contributed by atoms with Gasteiger partial charge in [-0.1, -0.05) is 30.3 Å². The monoisotopic (exact) mass is 408 g/mol. The highest BCUT2D eigenvalue weighted by molar-refractivity contribution is 14.1. The van der Waals surface area contributed by atoms with Gasteiger partial charge in [-0.05, 0) is 72.2 Å². The van der Waals surface area contributed by atoms with Crippen molar-refractivity contribution in [3.8, 4) is 0 Å². The van der Waals surface area contributed by atoms with Gasteiger partial charge in [0.2, 0.25) is 5.91 Å². The molecule has 4 heteroatoms. The fourth-order valence-electron chi connectivity index (χ4n) is 2.18. The number of nitrogens with one attached hydrogen (secondary N) is 2. The van der Waals surface area contributed by atoms with E-state index in [1.807, 2.05) is 49.4 Å². The molecule has 0 bridgehead atoms. The van der Waals surface area contributed by atoms with Crippen LogP contribution in [0.1, 0.15) is 18.9 Å². The van der Waals surface area contributed by atoms with Crippen molar-refractivity contribution in [2.75, 3.05) is 11.9 Å². The molecule has 2 N–H and O–H groups in total. The summed E-state index contributed by atoms with van der Waals surface area (Å²) in [4.78, 5) is 11.9. The zero-order valence-electron chi connectivity index (χ0n) is 12.7. The maximum absolute atomic E-state index is 11.9. The van der Waals surface area contributed by atoms with Crippen LogP contribution in [0.25, 0.3) is 0 Å². The van der Waals surface area contributed by atoms with Crippen LogP contribution in [0.4, 0.5) is 5.69 Å². The molecule has 22 heavy (non-hydrogen) atoms. The maximum Gasteiger partial charge on any atom is 0.239 e. The Bertz CT molecular complexity index is 584. The Balaban J connectivity index is 1.68. The normalized spacial score (nSPS) is 11.7. The molecule has 1 amide bonds. The summed E-state index contributed by atoms with van der Waals surface area (Å²) < 4.78 is 1.18. The molecule has 0 aliphatic rings. The van der Waals surface area contributed by atoms with E-state index in [-0.39, 0.29) is 11.9 Å². The summed E-state index contributed by atoms with van der Waals surface area (Å²) in [5.41, 5.74) is 2.27. The second kappa shape index (κ2) is 8.78. The SMILES string of the molecule is C[C@@H](CCc1ccccc1)NC(=O)CNc1ccc(I)cc1. The third-order valence-corrected chi connectivity index (χ3v) is 4.13. The fraction of sp³-hybridized carbons (Fsp3) is 0.278. The zero-order chi connectivity index (χ0) is 15.8. The summed E-state index contributed by atoms with van der Waals surface area (Å²) in [6.45, 7) is 2.35. The molecular formula is C18H21IN2O. The minimum Gasteiger partial charge on any atom is -0.376 e. The van der Waals surface area contributed by atoms with Crippen molar-refractivity contribution >= 4 is 34.2 Å². The molecule has 1 atom stereocenters. The van der Waals surface area contributed by atoms with E-state index in [4.69, 9.17) is 0 Å². The van der Waals surface area contributed by atoms with Crippen LogP contribution in [-0.2, 0) is 11.2 Å². The zero-order valence-corrected chi connectivity index (χ0v) is 14.8. The van der Waals surface area contributed by atoms with Crippen LogP contribution in [-0.4, -0.2) is 18.5 Å². The quantitative estimate of drug-likeness (QED) is 0.684. The smallest absolute Gasteiger partial charge is 0.239 e. The maximum atomic E-state index is 11.9. The molecule has 3 nitrogen and oxygen atoms in total. The van der Waals surface area contributed by atoms with Gasteiger partial charge in [-0.2, -0.15) is 0 Å². The summed E-state index contributed by atoms with van der Waals surface area (Å²) in [7, 11) is 0. The lowest BCUT2D eigenvalue weighted by Gasteiger charge is -2.14. The van der Waals surface area contributed by atoms with E-state index in [1.165, 1.54) is 9.13 Å². The first-order valence-electron chi connectivity index (χ1n) is 7.46. The van der Waals surface area contributed by atoms with Crippen LogP contribution in [0.15, 0.2) is 54.6 Å². The van der Waals surface area contributed by atoms with Gasteiger partial charge in [0.1, 0.15) is 0 Å². The van der Waals surface area contributed by atoms with Gasteiger partial charge >= 0.3 is 0 Å². The minimum atomic E-state index is 0.0270. The molecule has 0 saturated carbocycles. The number of rotatable bonds is 7. The average Bonchev–Trinajstić information content (AvgIpc) is 2.53. The molecular weight excluding hydrogens is 387 g/mol. The van der Waals surface area contributed by atoms with Crippen LogP contribution in [0.5, 0.6) is 0 Å². The van der Waals surface area contributed by atoms with E-state index < -0.39 is 0 Å². The van der Waals surface area contributed by atoms with E-state index in [0.29, 0.717) is 6.54 Å². The number of carbonyl (C=O) groups is 1. The second-order valence-electron chi connectivity index (χ2n) is 5.35. The predicted octanol–water partition coefficient (Wildman–Crippen LogP) is 3.84. The molecule has 0 fully saturated rings. The lowest BCUT2D eigenvalue weighted by molar-refractivity contribution is -0.120. The van der Waals surface area contributed by atoms with Crippen molar-refractivity contribution in [3.05, 3.63) is 63.7 Å². The van der Waals surface area contributed by atoms with Gasteiger partial charge in [0, 0.05) is 15.3 Å². The van der Waals surface area contributed by atoms with Gasteiger partial charge in [0.05, 0.1) is 6.54 Å². The molecule has 116 valence electrons. The highest BCUT2D eigenvalue weighted by atomic mass is 127. The van der Waals surface area contributed by atoms with Crippen LogP contribution in [0.2, 0.25) is 0 Å². The number of carbonyl (C=O) groups excluding carboxylic acids is 1. The molecule has 2 aromatic rings. The van der Waals surface area contributed by atoms with Crippen molar-refractivity contribution in [3.63, 3.8) is 0 Å². The number of hydrogen-bond acceptors (Lipinski definition) is 2. The molecule has 0 saturated heterocycles. The first-order valence-corrected chi connectivity index (χ1v) is 8.54. The molecule has 0 radical (unpaired) electrons. The standard InChI is InChI=1S/C18H21IN2O/c1-14(7-8-15-5-3-2-4-6-15)21-18(22)13-20-17-11-9-16(19)10-12-17/h2-6,9-12,14,20H,7-8,13H2,1H3,(H,21,22)/t14-/m0/s1. The molecule has 2 aromatic carbocycles. The number of aryl methyl sites for hydroxylation is 1. The van der Waals surface area contributed by atoms with Crippen LogP contribution < -0.4 is 10.6 Å². The van der Waals surface area contributed by atoms with E-state index in [0.717, 1.165) is 18.5 Å². The molecule has 0 aliphatic heterocycles. The Morgan fingerprint density at radius 1 is 1.09 bits per heavy atom. The van der Waals surface area contributed by atoms with Gasteiger partial charge in [-0.25, -0.2) is 0 Å². The van der Waals surface area contributed by atoms with Crippen molar-refractivity contribution < 1.29 is 4.79 Å². The highest BCUT2D eigenvalue weighted by Gasteiger charge is 2.07. The van der Waals surface area contributed by atoms with Crippen molar-refractivity contribution in [1.82, 2.24) is 5.32 Å². The first-order chi connectivity index (χ1) is 10.6. The van der Waals surface area contributed by atoms with Crippen molar-refractivity contribution in [2.45, 2.75) is 25.8 Å². The van der Waals surface area contributed by atoms with Crippen LogP contribution >= 0.6 is 22.6 Å². The van der Waals surface area contributed by atoms with E-state index in [9.17, 15) is 4.79 Å². The third kappa shape index (κ3) is 6.05.